The third-order valence-corrected chi connectivity index (χ3v) is 3.68. The van der Waals surface area contributed by atoms with E-state index in [1.807, 2.05) is 36.5 Å². The van der Waals surface area contributed by atoms with Crippen LogP contribution in [0.5, 0.6) is 0 Å². The normalized spacial score (nSPS) is 10.5. The molecule has 3 rings (SSSR count). The van der Waals surface area contributed by atoms with Gasteiger partial charge in [0.05, 0.1) is 23.3 Å². The highest BCUT2D eigenvalue weighted by Crippen LogP contribution is 2.15. The van der Waals surface area contributed by atoms with Crippen LogP contribution < -0.4 is 5.32 Å². The minimum absolute atomic E-state index is 0.195. The van der Waals surface area contributed by atoms with Gasteiger partial charge in [-0.3, -0.25) is 9.48 Å². The van der Waals surface area contributed by atoms with Crippen LogP contribution >= 0.6 is 11.6 Å². The van der Waals surface area contributed by atoms with Gasteiger partial charge in [-0.25, -0.2) is 0 Å². The van der Waals surface area contributed by atoms with E-state index in [9.17, 15) is 4.79 Å². The van der Waals surface area contributed by atoms with Gasteiger partial charge >= 0.3 is 0 Å². The van der Waals surface area contributed by atoms with Gasteiger partial charge < -0.3 is 5.32 Å². The first-order chi connectivity index (χ1) is 11.2. The Hall–Kier alpha value is -2.66. The highest BCUT2D eigenvalue weighted by Gasteiger charge is 2.09. The zero-order valence-electron chi connectivity index (χ0n) is 12.3. The van der Waals surface area contributed by atoms with Crippen molar-refractivity contribution < 1.29 is 4.79 Å². The molecule has 23 heavy (non-hydrogen) atoms. The van der Waals surface area contributed by atoms with E-state index in [1.54, 1.807) is 28.9 Å². The molecule has 1 aromatic heterocycles. The molecule has 0 radical (unpaired) electrons. The van der Waals surface area contributed by atoms with E-state index in [0.29, 0.717) is 23.7 Å². The van der Waals surface area contributed by atoms with Crippen LogP contribution in [0.3, 0.4) is 0 Å². The molecular formula is C17H15ClN4O. The molecule has 0 aliphatic rings. The number of nitrogens with one attached hydrogen (secondary N) is 1. The Bertz CT molecular complexity index is 801. The molecule has 1 heterocycles. The highest BCUT2D eigenvalue weighted by molar-refractivity contribution is 6.33. The lowest BCUT2D eigenvalue weighted by Gasteiger charge is -2.06. The maximum atomic E-state index is 12.0. The Labute approximate surface area is 138 Å². The molecule has 1 amide bonds. The van der Waals surface area contributed by atoms with Crippen LogP contribution in [-0.4, -0.2) is 27.4 Å². The smallest absolute Gasteiger partial charge is 0.252 e. The summed E-state index contributed by atoms with van der Waals surface area (Å²) in [5.41, 5.74) is 2.29. The number of carbonyl (C=O) groups is 1. The fourth-order valence-electron chi connectivity index (χ4n) is 2.17. The summed E-state index contributed by atoms with van der Waals surface area (Å²) in [5, 5.41) is 11.5. The van der Waals surface area contributed by atoms with Gasteiger partial charge in [0.15, 0.2) is 0 Å². The molecule has 116 valence electrons. The maximum absolute atomic E-state index is 12.0. The Balaban J connectivity index is 1.56. The summed E-state index contributed by atoms with van der Waals surface area (Å²) in [6.07, 6.45) is 1.86. The SMILES string of the molecule is O=C(NCCn1cc(-c2ccccc2)nn1)c1ccccc1Cl. The third kappa shape index (κ3) is 3.76. The van der Waals surface area contributed by atoms with Crippen LogP contribution in [0, 0.1) is 0 Å². The monoisotopic (exact) mass is 326 g/mol. The lowest BCUT2D eigenvalue weighted by Crippen LogP contribution is -2.27. The number of benzene rings is 2. The Kier molecular flexibility index (Phi) is 4.68. The summed E-state index contributed by atoms with van der Waals surface area (Å²) in [5.74, 6) is -0.195. The molecule has 2 aromatic carbocycles. The van der Waals surface area contributed by atoms with E-state index in [1.165, 1.54) is 0 Å². The minimum atomic E-state index is -0.195. The Morgan fingerprint density at radius 2 is 1.83 bits per heavy atom. The van der Waals surface area contributed by atoms with Crippen molar-refractivity contribution in [1.82, 2.24) is 20.3 Å². The van der Waals surface area contributed by atoms with Crippen LogP contribution in [0.25, 0.3) is 11.3 Å². The van der Waals surface area contributed by atoms with E-state index in [2.05, 4.69) is 15.6 Å². The van der Waals surface area contributed by atoms with Crippen molar-refractivity contribution in [2.45, 2.75) is 6.54 Å². The van der Waals surface area contributed by atoms with Crippen LogP contribution in [0.15, 0.2) is 60.8 Å². The molecule has 1 N–H and O–H groups in total. The van der Waals surface area contributed by atoms with E-state index in [0.717, 1.165) is 11.3 Å². The third-order valence-electron chi connectivity index (χ3n) is 3.35. The summed E-state index contributed by atoms with van der Waals surface area (Å²) in [6.45, 7) is 0.984. The number of rotatable bonds is 5. The molecule has 0 unspecified atom stereocenters. The number of aromatic nitrogens is 3. The van der Waals surface area contributed by atoms with Crippen molar-refractivity contribution in [3.05, 3.63) is 71.4 Å². The minimum Gasteiger partial charge on any atom is -0.350 e. The van der Waals surface area contributed by atoms with Crippen LogP contribution in [-0.2, 0) is 6.54 Å². The summed E-state index contributed by atoms with van der Waals surface area (Å²) in [4.78, 5) is 12.0. The molecule has 0 aliphatic heterocycles. The quantitative estimate of drug-likeness (QED) is 0.784. The van der Waals surface area contributed by atoms with E-state index < -0.39 is 0 Å². The average Bonchev–Trinajstić information content (AvgIpc) is 3.05. The van der Waals surface area contributed by atoms with Crippen LogP contribution in [0.2, 0.25) is 5.02 Å². The molecule has 0 aliphatic carbocycles. The summed E-state index contributed by atoms with van der Waals surface area (Å²) >= 11 is 6.00. The number of hydrogen-bond acceptors (Lipinski definition) is 3. The second-order valence-electron chi connectivity index (χ2n) is 4.97. The summed E-state index contributed by atoms with van der Waals surface area (Å²) in [7, 11) is 0. The highest BCUT2D eigenvalue weighted by atomic mass is 35.5. The first-order valence-corrected chi connectivity index (χ1v) is 7.60. The van der Waals surface area contributed by atoms with Gasteiger partial charge in [0.2, 0.25) is 0 Å². The van der Waals surface area contributed by atoms with E-state index >= 15 is 0 Å². The van der Waals surface area contributed by atoms with Crippen molar-refractivity contribution in [3.63, 3.8) is 0 Å². The number of halogens is 1. The molecule has 6 heteroatoms. The van der Waals surface area contributed by atoms with Gasteiger partial charge in [0, 0.05) is 12.1 Å². The summed E-state index contributed by atoms with van der Waals surface area (Å²) < 4.78 is 1.70. The van der Waals surface area contributed by atoms with Crippen LogP contribution in [0.1, 0.15) is 10.4 Å². The van der Waals surface area contributed by atoms with E-state index in [-0.39, 0.29) is 5.91 Å². The van der Waals surface area contributed by atoms with Crippen molar-refractivity contribution >= 4 is 17.5 Å². The van der Waals surface area contributed by atoms with Gasteiger partial charge in [-0.1, -0.05) is 59.3 Å². The van der Waals surface area contributed by atoms with Crippen molar-refractivity contribution in [1.29, 1.82) is 0 Å². The largest absolute Gasteiger partial charge is 0.350 e. The molecular weight excluding hydrogens is 312 g/mol. The molecule has 3 aromatic rings. The Morgan fingerprint density at radius 3 is 2.61 bits per heavy atom. The lowest BCUT2D eigenvalue weighted by molar-refractivity contribution is 0.0952. The second-order valence-corrected chi connectivity index (χ2v) is 5.38. The van der Waals surface area contributed by atoms with Crippen molar-refractivity contribution in [3.8, 4) is 11.3 Å². The topological polar surface area (TPSA) is 59.8 Å². The molecule has 0 saturated carbocycles. The van der Waals surface area contributed by atoms with Gasteiger partial charge in [-0.2, -0.15) is 0 Å². The number of nitrogens with zero attached hydrogens (tertiary/aromatic N) is 3. The second kappa shape index (κ2) is 7.07. The molecule has 0 spiro atoms. The van der Waals surface area contributed by atoms with Crippen LogP contribution in [0.4, 0.5) is 0 Å². The lowest BCUT2D eigenvalue weighted by atomic mass is 10.2. The average molecular weight is 327 g/mol. The predicted molar refractivity (Wildman–Crippen MR) is 89.2 cm³/mol. The molecule has 0 fully saturated rings. The number of carbonyl (C=O) groups excluding carboxylic acids is 1. The first-order valence-electron chi connectivity index (χ1n) is 7.22. The maximum Gasteiger partial charge on any atom is 0.252 e. The van der Waals surface area contributed by atoms with Crippen molar-refractivity contribution in [2.24, 2.45) is 0 Å². The van der Waals surface area contributed by atoms with Gasteiger partial charge in [0.1, 0.15) is 5.69 Å². The molecule has 0 bridgehead atoms. The fraction of sp³-hybridized carbons (Fsp3) is 0.118. The summed E-state index contributed by atoms with van der Waals surface area (Å²) in [6, 6.07) is 16.8. The number of hydrogen-bond donors (Lipinski definition) is 1. The van der Waals surface area contributed by atoms with Crippen molar-refractivity contribution in [2.75, 3.05) is 6.54 Å². The van der Waals surface area contributed by atoms with Gasteiger partial charge in [0.25, 0.3) is 5.91 Å². The van der Waals surface area contributed by atoms with E-state index in [4.69, 9.17) is 11.6 Å². The zero-order chi connectivity index (χ0) is 16.1. The molecule has 0 saturated heterocycles. The Morgan fingerprint density at radius 1 is 1.09 bits per heavy atom. The molecule has 5 nitrogen and oxygen atoms in total. The molecule has 0 atom stereocenters. The zero-order valence-corrected chi connectivity index (χ0v) is 13.1. The standard InChI is InChI=1S/C17H15ClN4O/c18-15-9-5-4-8-14(15)17(23)19-10-11-22-12-16(20-21-22)13-6-2-1-3-7-13/h1-9,12H,10-11H2,(H,19,23). The fourth-order valence-corrected chi connectivity index (χ4v) is 2.39. The van der Waals surface area contributed by atoms with Gasteiger partial charge in [-0.15, -0.1) is 5.10 Å². The van der Waals surface area contributed by atoms with Gasteiger partial charge in [-0.05, 0) is 12.1 Å². The predicted octanol–water partition coefficient (Wildman–Crippen LogP) is 3.03. The number of amides is 1. The first kappa shape index (κ1) is 15.2.